The molecule has 4 saturated carbocycles. The van der Waals surface area contributed by atoms with Gasteiger partial charge in [0.1, 0.15) is 23.1 Å². The molecule has 2 N–H and O–H groups in total. The van der Waals surface area contributed by atoms with Crippen LogP contribution in [0.2, 0.25) is 0 Å². The standard InChI is InChI=1S/C28H40O7/c1-15(18-14-23(3)25(5,35-23)21(30)33-18)26(31)11-12-27(32)17-13-20-28(34-20)9-6-7-19(29)24(28,4)16(17)8-10-22(26,27)2/h15-18,20,31-32H,6-14H2,1-5H3/t15-,16+,17-,18-,20-,22-,23+,24+,25-,26-,27+,28-/m1/s1. The number of carbonyl (C=O) groups is 2. The third-order valence-electron chi connectivity index (χ3n) is 13.2. The maximum Gasteiger partial charge on any atom is 0.341 e. The zero-order valence-electron chi connectivity index (χ0n) is 21.7. The van der Waals surface area contributed by atoms with Gasteiger partial charge in [-0.15, -0.1) is 0 Å². The second kappa shape index (κ2) is 6.16. The Morgan fingerprint density at radius 2 is 1.74 bits per heavy atom. The van der Waals surface area contributed by atoms with Gasteiger partial charge < -0.3 is 24.4 Å². The number of rotatable bonds is 2. The Labute approximate surface area is 207 Å². The van der Waals surface area contributed by atoms with Gasteiger partial charge in [-0.05, 0) is 77.6 Å². The number of esters is 1. The number of hydrogen-bond donors (Lipinski definition) is 2. The van der Waals surface area contributed by atoms with E-state index in [0.29, 0.717) is 37.9 Å². The first-order valence-electron chi connectivity index (χ1n) is 13.8. The molecule has 7 rings (SSSR count). The van der Waals surface area contributed by atoms with Crippen molar-refractivity contribution >= 4 is 11.8 Å². The van der Waals surface area contributed by atoms with Gasteiger partial charge in [0.25, 0.3) is 0 Å². The molecule has 3 aliphatic heterocycles. The van der Waals surface area contributed by atoms with Crippen LogP contribution in [0.25, 0.3) is 0 Å². The number of ketones is 1. The summed E-state index contributed by atoms with van der Waals surface area (Å²) >= 11 is 0. The molecule has 4 aliphatic carbocycles. The number of epoxide rings is 2. The minimum atomic E-state index is -1.19. The highest BCUT2D eigenvalue weighted by Gasteiger charge is 2.82. The first-order chi connectivity index (χ1) is 16.2. The van der Waals surface area contributed by atoms with Crippen LogP contribution >= 0.6 is 0 Å². The number of Topliss-reactive ketones (excluding diaryl/α,β-unsaturated/α-hetero) is 1. The normalized spacial score (nSPS) is 63.1. The summed E-state index contributed by atoms with van der Waals surface area (Å²) in [7, 11) is 0. The van der Waals surface area contributed by atoms with Gasteiger partial charge in [0, 0.05) is 24.2 Å². The Morgan fingerprint density at radius 1 is 1.00 bits per heavy atom. The van der Waals surface area contributed by atoms with E-state index in [1.165, 1.54) is 0 Å². The van der Waals surface area contributed by atoms with Crippen LogP contribution < -0.4 is 0 Å². The largest absolute Gasteiger partial charge is 0.460 e. The number of fused-ring (bicyclic) bond motifs is 5. The lowest BCUT2D eigenvalue weighted by Crippen LogP contribution is -2.69. The first-order valence-corrected chi connectivity index (χ1v) is 13.8. The fourth-order valence-corrected chi connectivity index (χ4v) is 10.4. The molecule has 7 heteroatoms. The lowest BCUT2D eigenvalue weighted by Gasteiger charge is -2.63. The molecular formula is C28H40O7. The summed E-state index contributed by atoms with van der Waals surface area (Å²) in [5, 5.41) is 24.9. The summed E-state index contributed by atoms with van der Waals surface area (Å²) in [5.74, 6) is -0.426. The van der Waals surface area contributed by atoms with Crippen LogP contribution in [0.1, 0.15) is 92.4 Å². The predicted molar refractivity (Wildman–Crippen MR) is 124 cm³/mol. The van der Waals surface area contributed by atoms with Crippen LogP contribution in [0.3, 0.4) is 0 Å². The Kier molecular flexibility index (Phi) is 4.07. The number of carbonyl (C=O) groups excluding carboxylic acids is 2. The van der Waals surface area contributed by atoms with Gasteiger partial charge in [0.05, 0.1) is 22.7 Å². The molecule has 1 spiro atoms. The highest BCUT2D eigenvalue weighted by Crippen LogP contribution is 2.75. The van der Waals surface area contributed by atoms with E-state index in [1.807, 2.05) is 20.8 Å². The average Bonchev–Trinajstić information content (AvgIpc) is 3.64. The molecule has 0 aromatic carbocycles. The summed E-state index contributed by atoms with van der Waals surface area (Å²) in [6.07, 6.45) is 5.67. The van der Waals surface area contributed by atoms with Gasteiger partial charge in [-0.3, -0.25) is 4.79 Å². The Morgan fingerprint density at radius 3 is 2.46 bits per heavy atom. The van der Waals surface area contributed by atoms with E-state index in [1.54, 1.807) is 6.92 Å². The van der Waals surface area contributed by atoms with Crippen molar-refractivity contribution in [2.75, 3.05) is 0 Å². The monoisotopic (exact) mass is 488 g/mol. The molecule has 0 aromatic heterocycles. The smallest absolute Gasteiger partial charge is 0.341 e. The third kappa shape index (κ3) is 2.24. The third-order valence-corrected chi connectivity index (χ3v) is 13.2. The molecule has 12 atom stereocenters. The van der Waals surface area contributed by atoms with E-state index in [0.717, 1.165) is 25.7 Å². The molecule has 7 aliphatic rings. The lowest BCUT2D eigenvalue weighted by atomic mass is 9.42. The zero-order valence-corrected chi connectivity index (χ0v) is 21.7. The van der Waals surface area contributed by atoms with E-state index in [-0.39, 0.29) is 35.4 Å². The fraction of sp³-hybridized carbons (Fsp3) is 0.929. The van der Waals surface area contributed by atoms with Crippen molar-refractivity contribution < 1.29 is 34.0 Å². The summed E-state index contributed by atoms with van der Waals surface area (Å²) < 4.78 is 18.0. The molecule has 35 heavy (non-hydrogen) atoms. The molecule has 0 bridgehead atoms. The molecule has 0 aromatic rings. The van der Waals surface area contributed by atoms with E-state index in [4.69, 9.17) is 14.2 Å². The van der Waals surface area contributed by atoms with E-state index in [9.17, 15) is 19.8 Å². The Balaban J connectivity index is 1.22. The molecule has 0 radical (unpaired) electrons. The zero-order chi connectivity index (χ0) is 25.0. The van der Waals surface area contributed by atoms with Gasteiger partial charge >= 0.3 is 5.97 Å². The van der Waals surface area contributed by atoms with Crippen LogP contribution in [0, 0.1) is 28.6 Å². The van der Waals surface area contributed by atoms with Crippen LogP contribution in [-0.4, -0.2) is 62.2 Å². The van der Waals surface area contributed by atoms with Crippen molar-refractivity contribution in [3.63, 3.8) is 0 Å². The molecule has 0 amide bonds. The first kappa shape index (κ1) is 23.1. The number of hydrogen-bond acceptors (Lipinski definition) is 7. The van der Waals surface area contributed by atoms with Gasteiger partial charge in [-0.1, -0.05) is 13.8 Å². The quantitative estimate of drug-likeness (QED) is 0.454. The molecule has 7 nitrogen and oxygen atoms in total. The van der Waals surface area contributed by atoms with Crippen molar-refractivity contribution in [2.45, 2.75) is 133 Å². The van der Waals surface area contributed by atoms with Crippen molar-refractivity contribution in [3.05, 3.63) is 0 Å². The average molecular weight is 489 g/mol. The topological polar surface area (TPSA) is 109 Å². The van der Waals surface area contributed by atoms with Crippen molar-refractivity contribution in [2.24, 2.45) is 28.6 Å². The summed E-state index contributed by atoms with van der Waals surface area (Å²) in [5.41, 5.74) is -5.37. The Hall–Kier alpha value is -1.02. The van der Waals surface area contributed by atoms with Crippen LogP contribution in [0.15, 0.2) is 0 Å². The van der Waals surface area contributed by atoms with Gasteiger partial charge in [-0.2, -0.15) is 0 Å². The van der Waals surface area contributed by atoms with Crippen molar-refractivity contribution in [1.29, 1.82) is 0 Å². The van der Waals surface area contributed by atoms with Crippen LogP contribution in [0.5, 0.6) is 0 Å². The Bertz CT molecular complexity index is 1040. The van der Waals surface area contributed by atoms with Crippen LogP contribution in [0.4, 0.5) is 0 Å². The molecule has 0 unspecified atom stereocenters. The molecule has 3 saturated heterocycles. The molecule has 7 fully saturated rings. The second-order valence-electron chi connectivity index (χ2n) is 13.9. The highest BCUT2D eigenvalue weighted by molar-refractivity contribution is 5.88. The lowest BCUT2D eigenvalue weighted by molar-refractivity contribution is -0.243. The van der Waals surface area contributed by atoms with Gasteiger partial charge in [-0.25, -0.2) is 4.79 Å². The molecule has 3 heterocycles. The minimum absolute atomic E-state index is 0.0273. The van der Waals surface area contributed by atoms with Gasteiger partial charge in [0.15, 0.2) is 5.60 Å². The maximum absolute atomic E-state index is 13.4. The predicted octanol–water partition coefficient (Wildman–Crippen LogP) is 3.07. The van der Waals surface area contributed by atoms with E-state index in [2.05, 4.69) is 6.92 Å². The summed E-state index contributed by atoms with van der Waals surface area (Å²) in [6, 6.07) is 0. The minimum Gasteiger partial charge on any atom is -0.460 e. The molecular weight excluding hydrogens is 448 g/mol. The van der Waals surface area contributed by atoms with Crippen molar-refractivity contribution in [1.82, 2.24) is 0 Å². The summed E-state index contributed by atoms with van der Waals surface area (Å²) in [6.45, 7) is 9.84. The van der Waals surface area contributed by atoms with Crippen molar-refractivity contribution in [3.8, 4) is 0 Å². The van der Waals surface area contributed by atoms with Crippen LogP contribution in [-0.2, 0) is 23.8 Å². The highest BCUT2D eigenvalue weighted by atomic mass is 16.7. The summed E-state index contributed by atoms with van der Waals surface area (Å²) in [4.78, 5) is 26.1. The number of ether oxygens (including phenoxy) is 3. The number of cyclic esters (lactones) is 1. The van der Waals surface area contributed by atoms with Gasteiger partial charge in [0.2, 0.25) is 0 Å². The van der Waals surface area contributed by atoms with E-state index < -0.39 is 39.3 Å². The fourth-order valence-electron chi connectivity index (χ4n) is 10.4. The molecule has 194 valence electrons. The van der Waals surface area contributed by atoms with E-state index >= 15 is 0 Å². The second-order valence-corrected chi connectivity index (χ2v) is 13.9. The maximum atomic E-state index is 13.4. The number of aliphatic hydroxyl groups is 2. The SMILES string of the molecule is C[C@H]([C@H]1C[C@]2(C)O[C@]2(C)C(=O)O1)[C@]1(O)CC[C@]2(O)[C@@H]3C[C@H]4O[C@]45CCCC(=O)[C@]5(C)[C@H]3CC[C@]12C.